The van der Waals surface area contributed by atoms with Crippen molar-refractivity contribution in [3.63, 3.8) is 0 Å². The largest absolute Gasteiger partial charge is 0.416 e. The smallest absolute Gasteiger partial charge is 0.350 e. The van der Waals surface area contributed by atoms with Crippen molar-refractivity contribution in [3.8, 4) is 0 Å². The van der Waals surface area contributed by atoms with Crippen LogP contribution >= 0.6 is 0 Å². The molecule has 2 amide bonds. The van der Waals surface area contributed by atoms with Crippen molar-refractivity contribution in [3.05, 3.63) is 101 Å². The summed E-state index contributed by atoms with van der Waals surface area (Å²) in [7, 11) is 0. The summed E-state index contributed by atoms with van der Waals surface area (Å²) in [5.74, 6) is -2.15. The summed E-state index contributed by atoms with van der Waals surface area (Å²) in [6.45, 7) is 1.85. The first-order valence-corrected chi connectivity index (χ1v) is 9.55. The van der Waals surface area contributed by atoms with Crippen molar-refractivity contribution in [1.29, 1.82) is 0 Å². The van der Waals surface area contributed by atoms with Crippen molar-refractivity contribution >= 4 is 28.8 Å². The Kier molecular flexibility index (Phi) is 5.30. The van der Waals surface area contributed by atoms with Crippen LogP contribution in [0.3, 0.4) is 0 Å². The molecule has 0 aliphatic carbocycles. The van der Waals surface area contributed by atoms with E-state index < -0.39 is 29.4 Å². The molecule has 0 aromatic heterocycles. The number of nitrogens with zero attached hydrogens (tertiary/aromatic N) is 1. The van der Waals surface area contributed by atoms with Gasteiger partial charge in [-0.25, -0.2) is 9.29 Å². The van der Waals surface area contributed by atoms with Crippen molar-refractivity contribution in [2.75, 3.05) is 10.2 Å². The number of hydrogen-bond acceptors (Lipinski definition) is 3. The summed E-state index contributed by atoms with van der Waals surface area (Å²) in [5, 5.41) is 2.68. The zero-order valence-corrected chi connectivity index (χ0v) is 16.7. The Labute approximate surface area is 180 Å². The third kappa shape index (κ3) is 3.99. The molecule has 0 saturated carbocycles. The standard InChI is InChI=1S/C24H16F4N2O2/c1-14-8-10-15(11-9-14)20-21(29-18-6-2-4-16(12-18)24(26,27)28)23(32)30(22(20)31)19-7-3-5-17(25)13-19/h2-13,29H,1H3. The normalized spacial score (nSPS) is 14.3. The van der Waals surface area contributed by atoms with Gasteiger partial charge in [0.15, 0.2) is 0 Å². The molecular weight excluding hydrogens is 424 g/mol. The fourth-order valence-electron chi connectivity index (χ4n) is 3.40. The highest BCUT2D eigenvalue weighted by Crippen LogP contribution is 2.35. The van der Waals surface area contributed by atoms with E-state index in [-0.39, 0.29) is 22.6 Å². The number of anilines is 2. The van der Waals surface area contributed by atoms with Crippen LogP contribution in [0.15, 0.2) is 78.5 Å². The van der Waals surface area contributed by atoms with Gasteiger partial charge in [0.25, 0.3) is 11.8 Å². The molecule has 1 heterocycles. The minimum atomic E-state index is -4.57. The van der Waals surface area contributed by atoms with Crippen molar-refractivity contribution in [1.82, 2.24) is 0 Å². The summed E-state index contributed by atoms with van der Waals surface area (Å²) in [6, 6.07) is 16.0. The van der Waals surface area contributed by atoms with Crippen LogP contribution in [0, 0.1) is 12.7 Å². The molecular formula is C24H16F4N2O2. The number of imide groups is 1. The molecule has 4 rings (SSSR count). The van der Waals surface area contributed by atoms with E-state index in [2.05, 4.69) is 5.32 Å². The van der Waals surface area contributed by atoms with Gasteiger partial charge in [0, 0.05) is 5.69 Å². The zero-order chi connectivity index (χ0) is 23.0. The topological polar surface area (TPSA) is 49.4 Å². The Morgan fingerprint density at radius 3 is 2.19 bits per heavy atom. The summed E-state index contributed by atoms with van der Waals surface area (Å²) in [4.78, 5) is 27.2. The molecule has 3 aromatic carbocycles. The molecule has 1 aliphatic rings. The molecule has 4 nitrogen and oxygen atoms in total. The SMILES string of the molecule is Cc1ccc(C2=C(Nc3cccc(C(F)(F)F)c3)C(=O)N(c3cccc(F)c3)C2=O)cc1. The van der Waals surface area contributed by atoms with Crippen molar-refractivity contribution in [2.45, 2.75) is 13.1 Å². The first-order valence-electron chi connectivity index (χ1n) is 9.55. The van der Waals surface area contributed by atoms with Crippen molar-refractivity contribution < 1.29 is 27.2 Å². The van der Waals surface area contributed by atoms with E-state index >= 15 is 0 Å². The minimum Gasteiger partial charge on any atom is -0.350 e. The lowest BCUT2D eigenvalue weighted by Gasteiger charge is -2.15. The zero-order valence-electron chi connectivity index (χ0n) is 16.7. The molecule has 8 heteroatoms. The van der Waals surface area contributed by atoms with Crippen molar-refractivity contribution in [2.24, 2.45) is 0 Å². The number of rotatable bonds is 4. The molecule has 3 aromatic rings. The molecule has 162 valence electrons. The Bertz CT molecular complexity index is 1250. The summed E-state index contributed by atoms with van der Waals surface area (Å²) in [6.07, 6.45) is -4.57. The highest BCUT2D eigenvalue weighted by Gasteiger charge is 2.40. The molecule has 0 bridgehead atoms. The summed E-state index contributed by atoms with van der Waals surface area (Å²) >= 11 is 0. The van der Waals surface area contributed by atoms with Gasteiger partial charge in [0.2, 0.25) is 0 Å². The van der Waals surface area contributed by atoms with Gasteiger partial charge >= 0.3 is 6.18 Å². The number of carbonyl (C=O) groups is 2. The van der Waals surface area contributed by atoms with Crippen LogP contribution in [-0.4, -0.2) is 11.8 Å². The first-order chi connectivity index (χ1) is 15.1. The Balaban J connectivity index is 1.82. The highest BCUT2D eigenvalue weighted by molar-refractivity contribution is 6.46. The molecule has 0 fully saturated rings. The quantitative estimate of drug-likeness (QED) is 0.428. The lowest BCUT2D eigenvalue weighted by molar-refractivity contribution is -0.137. The van der Waals surface area contributed by atoms with Gasteiger partial charge in [-0.1, -0.05) is 42.0 Å². The number of alkyl halides is 3. The van der Waals surface area contributed by atoms with Gasteiger partial charge in [0.05, 0.1) is 16.8 Å². The number of benzene rings is 3. The molecule has 0 saturated heterocycles. The third-order valence-electron chi connectivity index (χ3n) is 4.95. The number of carbonyl (C=O) groups excluding carboxylic acids is 2. The molecule has 0 unspecified atom stereocenters. The molecule has 32 heavy (non-hydrogen) atoms. The maximum absolute atomic E-state index is 13.8. The van der Waals surface area contributed by atoms with E-state index in [1.54, 1.807) is 24.3 Å². The van der Waals surface area contributed by atoms with Gasteiger partial charge < -0.3 is 5.32 Å². The van der Waals surface area contributed by atoms with Gasteiger partial charge in [-0.2, -0.15) is 13.2 Å². The Morgan fingerprint density at radius 1 is 0.844 bits per heavy atom. The van der Waals surface area contributed by atoms with E-state index in [1.165, 1.54) is 30.3 Å². The van der Waals surface area contributed by atoms with Crippen LogP contribution in [0.2, 0.25) is 0 Å². The van der Waals surface area contributed by atoms with Gasteiger partial charge in [-0.05, 0) is 48.9 Å². The molecule has 1 aliphatic heterocycles. The first kappa shape index (κ1) is 21.3. The molecule has 1 N–H and O–H groups in total. The van der Waals surface area contributed by atoms with Crippen LogP contribution in [-0.2, 0) is 15.8 Å². The number of hydrogen-bond donors (Lipinski definition) is 1. The second-order valence-corrected chi connectivity index (χ2v) is 7.25. The van der Waals surface area contributed by atoms with Crippen LogP contribution in [0.4, 0.5) is 28.9 Å². The average molecular weight is 440 g/mol. The van der Waals surface area contributed by atoms with E-state index in [0.717, 1.165) is 28.7 Å². The van der Waals surface area contributed by atoms with E-state index in [1.807, 2.05) is 6.92 Å². The maximum Gasteiger partial charge on any atom is 0.416 e. The van der Waals surface area contributed by atoms with E-state index in [9.17, 15) is 27.2 Å². The number of aryl methyl sites for hydroxylation is 1. The number of amides is 2. The second-order valence-electron chi connectivity index (χ2n) is 7.25. The predicted octanol–water partition coefficient (Wildman–Crippen LogP) is 5.55. The lowest BCUT2D eigenvalue weighted by Crippen LogP contribution is -2.32. The van der Waals surface area contributed by atoms with Gasteiger partial charge in [-0.15, -0.1) is 0 Å². The lowest BCUT2D eigenvalue weighted by atomic mass is 10.0. The summed E-state index contributed by atoms with van der Waals surface area (Å²) in [5.41, 5.74) is 0.216. The van der Waals surface area contributed by atoms with E-state index in [4.69, 9.17) is 0 Å². The van der Waals surface area contributed by atoms with E-state index in [0.29, 0.717) is 5.56 Å². The number of nitrogens with one attached hydrogen (secondary N) is 1. The van der Waals surface area contributed by atoms with Gasteiger partial charge in [0.1, 0.15) is 11.5 Å². The van der Waals surface area contributed by atoms with Gasteiger partial charge in [-0.3, -0.25) is 9.59 Å². The number of halogens is 4. The Morgan fingerprint density at radius 2 is 1.53 bits per heavy atom. The summed E-state index contributed by atoms with van der Waals surface area (Å²) < 4.78 is 53.1. The molecule has 0 atom stereocenters. The van der Waals surface area contributed by atoms with Crippen LogP contribution in [0.5, 0.6) is 0 Å². The molecule has 0 spiro atoms. The fraction of sp³-hybridized carbons (Fsp3) is 0.0833. The third-order valence-corrected chi connectivity index (χ3v) is 4.95. The average Bonchev–Trinajstić information content (AvgIpc) is 2.98. The highest BCUT2D eigenvalue weighted by atomic mass is 19.4. The minimum absolute atomic E-state index is 0.0123. The second kappa shape index (κ2) is 7.96. The maximum atomic E-state index is 13.8. The van der Waals surface area contributed by atoms with Crippen LogP contribution in [0.1, 0.15) is 16.7 Å². The van der Waals surface area contributed by atoms with Crippen LogP contribution < -0.4 is 10.2 Å². The monoisotopic (exact) mass is 440 g/mol. The Hall–Kier alpha value is -3.94. The van der Waals surface area contributed by atoms with Crippen LogP contribution in [0.25, 0.3) is 5.57 Å². The molecule has 0 radical (unpaired) electrons. The predicted molar refractivity (Wildman–Crippen MR) is 112 cm³/mol. The fourth-order valence-corrected chi connectivity index (χ4v) is 3.40.